The quantitative estimate of drug-likeness (QED) is 0.793. The van der Waals surface area contributed by atoms with E-state index in [0.29, 0.717) is 22.0 Å². The van der Waals surface area contributed by atoms with Gasteiger partial charge in [0.1, 0.15) is 0 Å². The summed E-state index contributed by atoms with van der Waals surface area (Å²) in [5.74, 6) is 0. The summed E-state index contributed by atoms with van der Waals surface area (Å²) < 4.78 is 2.73. The minimum atomic E-state index is -0.713. The molecule has 6 heteroatoms. The normalized spacial score (nSPS) is 12.7. The van der Waals surface area contributed by atoms with Crippen molar-refractivity contribution < 1.29 is 5.11 Å². The highest BCUT2D eigenvalue weighted by molar-refractivity contribution is 9.10. The number of aryl methyl sites for hydroxylation is 2. The summed E-state index contributed by atoms with van der Waals surface area (Å²) in [6.45, 7) is 4.74. The van der Waals surface area contributed by atoms with Crippen LogP contribution in [0, 0.1) is 0 Å². The predicted octanol–water partition coefficient (Wildman–Crippen LogP) is 4.81. The van der Waals surface area contributed by atoms with Crippen LogP contribution in [0.1, 0.15) is 36.9 Å². The molecular formula is C15H17BrCl2N2O. The standard InChI is InChI=1S/C15H17BrCl2N2O/c1-3-12-15(18)13(20(4-2)19-12)8-14(21)10-6-5-9(16)7-11(10)17/h5-7,14,21H,3-4,8H2,1-2H3. The summed E-state index contributed by atoms with van der Waals surface area (Å²) in [6.07, 6.45) is 0.449. The second kappa shape index (κ2) is 7.14. The maximum absolute atomic E-state index is 10.5. The first kappa shape index (κ1) is 16.8. The smallest absolute Gasteiger partial charge is 0.0860 e. The van der Waals surface area contributed by atoms with E-state index >= 15 is 0 Å². The van der Waals surface area contributed by atoms with Gasteiger partial charge in [-0.1, -0.05) is 52.1 Å². The third kappa shape index (κ3) is 3.62. The van der Waals surface area contributed by atoms with Gasteiger partial charge in [0.25, 0.3) is 0 Å². The fraction of sp³-hybridized carbons (Fsp3) is 0.400. The number of halogens is 3. The Morgan fingerprint density at radius 1 is 1.33 bits per heavy atom. The van der Waals surface area contributed by atoms with Crippen LogP contribution < -0.4 is 0 Å². The lowest BCUT2D eigenvalue weighted by Crippen LogP contribution is -2.09. The lowest BCUT2D eigenvalue weighted by molar-refractivity contribution is 0.175. The minimum Gasteiger partial charge on any atom is -0.388 e. The molecular weight excluding hydrogens is 375 g/mol. The number of aliphatic hydroxyl groups is 1. The Bertz CT molecular complexity index is 643. The number of hydrogen-bond donors (Lipinski definition) is 1. The fourth-order valence-corrected chi connectivity index (χ4v) is 3.42. The first-order valence-electron chi connectivity index (χ1n) is 6.84. The summed E-state index contributed by atoms with van der Waals surface area (Å²) in [6, 6.07) is 5.45. The van der Waals surface area contributed by atoms with E-state index in [9.17, 15) is 5.11 Å². The SMILES string of the molecule is CCc1nn(CC)c(CC(O)c2ccc(Br)cc2Cl)c1Cl. The van der Waals surface area contributed by atoms with Gasteiger partial charge < -0.3 is 5.11 Å². The van der Waals surface area contributed by atoms with Crippen LogP contribution in [-0.4, -0.2) is 14.9 Å². The molecule has 0 aliphatic heterocycles. The topological polar surface area (TPSA) is 38.0 Å². The first-order valence-corrected chi connectivity index (χ1v) is 8.39. The van der Waals surface area contributed by atoms with Crippen molar-refractivity contribution in [2.45, 2.75) is 39.3 Å². The number of aliphatic hydroxyl groups excluding tert-OH is 1. The van der Waals surface area contributed by atoms with Crippen molar-refractivity contribution in [3.63, 3.8) is 0 Å². The molecule has 0 bridgehead atoms. The van der Waals surface area contributed by atoms with E-state index in [-0.39, 0.29) is 0 Å². The van der Waals surface area contributed by atoms with E-state index in [1.54, 1.807) is 6.07 Å². The second-order valence-corrected chi connectivity index (χ2v) is 6.46. The maximum atomic E-state index is 10.5. The Kier molecular flexibility index (Phi) is 5.72. The van der Waals surface area contributed by atoms with Crippen LogP contribution in [0.3, 0.4) is 0 Å². The van der Waals surface area contributed by atoms with Crippen molar-refractivity contribution in [2.75, 3.05) is 0 Å². The molecule has 1 heterocycles. The van der Waals surface area contributed by atoms with E-state index in [0.717, 1.165) is 28.8 Å². The van der Waals surface area contributed by atoms with Crippen molar-refractivity contribution >= 4 is 39.1 Å². The highest BCUT2D eigenvalue weighted by Gasteiger charge is 2.20. The third-order valence-electron chi connectivity index (χ3n) is 3.40. The molecule has 1 unspecified atom stereocenters. The van der Waals surface area contributed by atoms with E-state index in [1.165, 1.54) is 0 Å². The van der Waals surface area contributed by atoms with Gasteiger partial charge in [-0.25, -0.2) is 0 Å². The summed E-state index contributed by atoms with van der Waals surface area (Å²) in [5.41, 5.74) is 2.41. The molecule has 0 amide bonds. The number of benzene rings is 1. The third-order valence-corrected chi connectivity index (χ3v) is 4.66. The molecule has 0 spiro atoms. The van der Waals surface area contributed by atoms with Crippen LogP contribution in [0.15, 0.2) is 22.7 Å². The second-order valence-electron chi connectivity index (χ2n) is 4.76. The molecule has 114 valence electrons. The Balaban J connectivity index is 2.31. The molecule has 0 saturated heterocycles. The van der Waals surface area contributed by atoms with Gasteiger partial charge in [-0.3, -0.25) is 4.68 Å². The molecule has 1 N–H and O–H groups in total. The van der Waals surface area contributed by atoms with Crippen LogP contribution in [0.25, 0.3) is 0 Å². The van der Waals surface area contributed by atoms with Gasteiger partial charge in [-0.2, -0.15) is 5.10 Å². The van der Waals surface area contributed by atoms with Gasteiger partial charge in [-0.05, 0) is 31.0 Å². The Morgan fingerprint density at radius 2 is 2.05 bits per heavy atom. The zero-order valence-electron chi connectivity index (χ0n) is 11.9. The van der Waals surface area contributed by atoms with Crippen LogP contribution in [0.5, 0.6) is 0 Å². The van der Waals surface area contributed by atoms with Crippen LogP contribution in [0.2, 0.25) is 10.0 Å². The molecule has 0 radical (unpaired) electrons. The molecule has 0 aliphatic carbocycles. The highest BCUT2D eigenvalue weighted by atomic mass is 79.9. The molecule has 0 fully saturated rings. The molecule has 3 nitrogen and oxygen atoms in total. The van der Waals surface area contributed by atoms with Gasteiger partial charge in [-0.15, -0.1) is 0 Å². The zero-order chi connectivity index (χ0) is 15.6. The molecule has 2 rings (SSSR count). The summed E-state index contributed by atoms with van der Waals surface area (Å²) in [7, 11) is 0. The van der Waals surface area contributed by atoms with E-state index in [2.05, 4.69) is 21.0 Å². The van der Waals surface area contributed by atoms with Crippen LogP contribution >= 0.6 is 39.1 Å². The minimum absolute atomic E-state index is 0.390. The van der Waals surface area contributed by atoms with Crippen molar-refractivity contribution in [3.05, 3.63) is 49.7 Å². The predicted molar refractivity (Wildman–Crippen MR) is 90.1 cm³/mol. The molecule has 0 aliphatic rings. The lowest BCUT2D eigenvalue weighted by Gasteiger charge is -2.14. The average Bonchev–Trinajstić information content (AvgIpc) is 2.75. The number of hydrogen-bond acceptors (Lipinski definition) is 2. The molecule has 2 aromatic rings. The van der Waals surface area contributed by atoms with E-state index in [4.69, 9.17) is 23.2 Å². The first-order chi connectivity index (χ1) is 9.97. The Labute approximate surface area is 143 Å². The Morgan fingerprint density at radius 3 is 2.62 bits per heavy atom. The van der Waals surface area contributed by atoms with E-state index < -0.39 is 6.10 Å². The van der Waals surface area contributed by atoms with Crippen molar-refractivity contribution in [3.8, 4) is 0 Å². The van der Waals surface area contributed by atoms with Gasteiger partial charge in [0.2, 0.25) is 0 Å². The van der Waals surface area contributed by atoms with Gasteiger partial charge in [0.15, 0.2) is 0 Å². The molecule has 1 aromatic heterocycles. The van der Waals surface area contributed by atoms with Gasteiger partial charge in [0, 0.05) is 22.5 Å². The number of aromatic nitrogens is 2. The fourth-order valence-electron chi connectivity index (χ4n) is 2.28. The largest absolute Gasteiger partial charge is 0.388 e. The van der Waals surface area contributed by atoms with Gasteiger partial charge >= 0.3 is 0 Å². The van der Waals surface area contributed by atoms with Crippen molar-refractivity contribution in [1.29, 1.82) is 0 Å². The number of rotatable bonds is 5. The van der Waals surface area contributed by atoms with Crippen LogP contribution in [-0.2, 0) is 19.4 Å². The molecule has 0 saturated carbocycles. The lowest BCUT2D eigenvalue weighted by atomic mass is 10.0. The number of nitrogens with zero attached hydrogens (tertiary/aromatic N) is 2. The Hall–Kier alpha value is -0.550. The van der Waals surface area contributed by atoms with Crippen molar-refractivity contribution in [2.24, 2.45) is 0 Å². The van der Waals surface area contributed by atoms with Crippen molar-refractivity contribution in [1.82, 2.24) is 9.78 Å². The van der Waals surface area contributed by atoms with Gasteiger partial charge in [0.05, 0.1) is 22.5 Å². The van der Waals surface area contributed by atoms with Crippen LogP contribution in [0.4, 0.5) is 0 Å². The summed E-state index contributed by atoms with van der Waals surface area (Å²) in [4.78, 5) is 0. The zero-order valence-corrected chi connectivity index (χ0v) is 15.0. The highest BCUT2D eigenvalue weighted by Crippen LogP contribution is 2.31. The monoisotopic (exact) mass is 390 g/mol. The average molecular weight is 392 g/mol. The van der Waals surface area contributed by atoms with E-state index in [1.807, 2.05) is 30.7 Å². The summed E-state index contributed by atoms with van der Waals surface area (Å²) >= 11 is 15.9. The molecule has 21 heavy (non-hydrogen) atoms. The molecule has 1 aromatic carbocycles. The maximum Gasteiger partial charge on any atom is 0.0860 e. The molecule has 1 atom stereocenters. The summed E-state index contributed by atoms with van der Waals surface area (Å²) in [5, 5.41) is 16.1.